The Morgan fingerprint density at radius 2 is 2.02 bits per heavy atom. The normalized spacial score (nSPS) is 41.5. The number of rotatable bonds is 7. The zero-order valence-electron chi connectivity index (χ0n) is 23.1. The predicted octanol–water partition coefficient (Wildman–Crippen LogP) is 0.999. The molecular formula is C29H39NO10. The first-order valence-corrected chi connectivity index (χ1v) is 13.8. The van der Waals surface area contributed by atoms with E-state index in [4.69, 9.17) is 23.7 Å². The number of hydrogen-bond donors (Lipinski definition) is 4. The summed E-state index contributed by atoms with van der Waals surface area (Å²) in [6.45, 7) is 3.78. The summed E-state index contributed by atoms with van der Waals surface area (Å²) in [5.41, 5.74) is -0.0448. The minimum absolute atomic E-state index is 0.0213. The average Bonchev–Trinajstić information content (AvgIpc) is 3.52. The molecule has 12 unspecified atom stereocenters. The summed E-state index contributed by atoms with van der Waals surface area (Å²) < 4.78 is 29.0. The van der Waals surface area contributed by atoms with Crippen LogP contribution in [0.15, 0.2) is 42.1 Å². The number of aliphatic hydroxyl groups is 3. The van der Waals surface area contributed by atoms with Crippen LogP contribution in [-0.2, 0) is 28.5 Å². The van der Waals surface area contributed by atoms with Crippen LogP contribution in [0.25, 0.3) is 0 Å². The number of carbonyl (C=O) groups excluding carboxylic acids is 2. The van der Waals surface area contributed by atoms with Gasteiger partial charge in [0.1, 0.15) is 35.7 Å². The molecule has 3 heterocycles. The third-order valence-electron chi connectivity index (χ3n) is 9.07. The van der Waals surface area contributed by atoms with Gasteiger partial charge in [-0.25, -0.2) is 9.59 Å². The summed E-state index contributed by atoms with van der Waals surface area (Å²) in [7, 11) is 2.97. The van der Waals surface area contributed by atoms with Crippen molar-refractivity contribution in [2.45, 2.75) is 62.5 Å². The van der Waals surface area contributed by atoms with Gasteiger partial charge in [0.2, 0.25) is 0 Å². The minimum Gasteiger partial charge on any atom is -0.457 e. The molecule has 2 aliphatic carbocycles. The zero-order valence-corrected chi connectivity index (χ0v) is 23.1. The number of aromatic amines is 1. The molecule has 0 radical (unpaired) electrons. The summed E-state index contributed by atoms with van der Waals surface area (Å²) in [5, 5.41) is 33.5. The van der Waals surface area contributed by atoms with Crippen LogP contribution in [-0.4, -0.2) is 102 Å². The molecule has 4 N–H and O–H groups in total. The molecule has 5 rings (SSSR count). The van der Waals surface area contributed by atoms with Crippen LogP contribution >= 0.6 is 0 Å². The second kappa shape index (κ2) is 11.4. The highest BCUT2D eigenvalue weighted by Gasteiger charge is 2.69. The van der Waals surface area contributed by atoms with Crippen LogP contribution in [0.2, 0.25) is 0 Å². The first-order valence-electron chi connectivity index (χ1n) is 13.8. The van der Waals surface area contributed by atoms with Crippen molar-refractivity contribution in [3.05, 3.63) is 47.8 Å². The van der Waals surface area contributed by atoms with Gasteiger partial charge in [0.15, 0.2) is 6.10 Å². The molecule has 0 amide bonds. The van der Waals surface area contributed by atoms with Gasteiger partial charge >= 0.3 is 11.9 Å². The monoisotopic (exact) mass is 561 g/mol. The number of carbonyl (C=O) groups is 2. The van der Waals surface area contributed by atoms with Crippen LogP contribution in [0.5, 0.6) is 0 Å². The third-order valence-corrected chi connectivity index (χ3v) is 9.07. The molecule has 0 aromatic carbocycles. The number of esters is 2. The highest BCUT2D eigenvalue weighted by Crippen LogP contribution is 2.61. The molecular weight excluding hydrogens is 522 g/mol. The number of methoxy groups -OCH3 is 2. The smallest absolute Gasteiger partial charge is 0.355 e. The van der Waals surface area contributed by atoms with Crippen LogP contribution in [0, 0.1) is 29.6 Å². The molecule has 12 atom stereocenters. The number of cyclic esters (lactones) is 1. The molecule has 1 spiro atoms. The van der Waals surface area contributed by atoms with Crippen molar-refractivity contribution in [2.75, 3.05) is 27.4 Å². The molecule has 4 bridgehead atoms. The van der Waals surface area contributed by atoms with E-state index in [1.807, 2.05) is 32.1 Å². The number of ether oxygens (including phenoxy) is 5. The highest BCUT2D eigenvalue weighted by molar-refractivity contribution is 5.87. The second-order valence-electron chi connectivity index (χ2n) is 11.4. The lowest BCUT2D eigenvalue weighted by atomic mass is 9.57. The Morgan fingerprint density at radius 3 is 2.70 bits per heavy atom. The van der Waals surface area contributed by atoms with E-state index < -0.39 is 77.8 Å². The van der Waals surface area contributed by atoms with Gasteiger partial charge in [0.05, 0.1) is 19.3 Å². The summed E-state index contributed by atoms with van der Waals surface area (Å²) >= 11 is 0. The van der Waals surface area contributed by atoms with Crippen molar-refractivity contribution in [3.63, 3.8) is 0 Å². The van der Waals surface area contributed by atoms with E-state index in [0.29, 0.717) is 0 Å². The van der Waals surface area contributed by atoms with E-state index in [0.717, 1.165) is 5.57 Å². The maximum atomic E-state index is 13.0. The highest BCUT2D eigenvalue weighted by atomic mass is 16.6. The standard InChI is InChI=1S/C29H39NO10/c1-14-10-15(2)29-16(11-20(31)28(35)38-24(14)21(32)13-37-4)7-8-17-22(29)23(33)18(12-36-3)25(26(17)40-29)39-27(34)19-6-5-9-30-19/h5-10,14,16-18,20-26,30-33H,11-13H2,1-4H3. The van der Waals surface area contributed by atoms with Gasteiger partial charge in [0.25, 0.3) is 0 Å². The number of hydrogen-bond acceptors (Lipinski definition) is 10. The van der Waals surface area contributed by atoms with E-state index in [1.54, 1.807) is 18.3 Å². The fraction of sp³-hybridized carbons (Fsp3) is 0.655. The van der Waals surface area contributed by atoms with Gasteiger partial charge in [-0.15, -0.1) is 0 Å². The van der Waals surface area contributed by atoms with Gasteiger partial charge in [-0.3, -0.25) is 0 Å². The summed E-state index contributed by atoms with van der Waals surface area (Å²) in [6, 6.07) is 3.31. The van der Waals surface area contributed by atoms with Crippen molar-refractivity contribution in [2.24, 2.45) is 29.6 Å². The number of aliphatic hydroxyl groups excluding tert-OH is 3. The lowest BCUT2D eigenvalue weighted by Crippen LogP contribution is -2.58. The lowest BCUT2D eigenvalue weighted by Gasteiger charge is -2.49. The summed E-state index contributed by atoms with van der Waals surface area (Å²) in [6.07, 6.45) is 1.38. The molecule has 11 nitrogen and oxygen atoms in total. The molecule has 220 valence electrons. The Labute approximate surface area is 233 Å². The Bertz CT molecular complexity index is 1130. The summed E-state index contributed by atoms with van der Waals surface area (Å²) in [4.78, 5) is 28.8. The Kier molecular flexibility index (Phi) is 8.24. The number of H-pyrrole nitrogens is 1. The molecule has 1 aromatic rings. The Morgan fingerprint density at radius 1 is 1.25 bits per heavy atom. The summed E-state index contributed by atoms with van der Waals surface area (Å²) in [5.74, 6) is -3.69. The molecule has 1 aromatic heterocycles. The largest absolute Gasteiger partial charge is 0.457 e. The SMILES string of the molecule is COCC(O)C1OC(=O)C(O)CC2C=CC3C4OC2(C(C)=CC1C)C3C(O)C(COC)C4OC(=O)c1ccc[nH]1. The van der Waals surface area contributed by atoms with Crippen LogP contribution in [0.3, 0.4) is 0 Å². The maximum absolute atomic E-state index is 13.0. The number of nitrogens with one attached hydrogen (secondary N) is 1. The van der Waals surface area contributed by atoms with E-state index in [1.165, 1.54) is 14.2 Å². The van der Waals surface area contributed by atoms with Crippen LogP contribution in [0.4, 0.5) is 0 Å². The van der Waals surface area contributed by atoms with E-state index in [2.05, 4.69) is 4.98 Å². The average molecular weight is 562 g/mol. The van der Waals surface area contributed by atoms with Crippen molar-refractivity contribution in [1.29, 1.82) is 0 Å². The molecule has 4 aliphatic rings. The predicted molar refractivity (Wildman–Crippen MR) is 140 cm³/mol. The van der Waals surface area contributed by atoms with Crippen molar-refractivity contribution in [3.8, 4) is 0 Å². The van der Waals surface area contributed by atoms with Gasteiger partial charge in [-0.05, 0) is 31.1 Å². The quantitative estimate of drug-likeness (QED) is 0.280. The number of aromatic nitrogens is 1. The van der Waals surface area contributed by atoms with Crippen LogP contribution in [0.1, 0.15) is 30.8 Å². The fourth-order valence-electron chi connectivity index (χ4n) is 7.37. The van der Waals surface area contributed by atoms with Crippen molar-refractivity contribution >= 4 is 11.9 Å². The van der Waals surface area contributed by atoms with Gasteiger partial charge in [-0.2, -0.15) is 0 Å². The fourth-order valence-corrected chi connectivity index (χ4v) is 7.37. The topological polar surface area (TPSA) is 157 Å². The Balaban J connectivity index is 1.57. The van der Waals surface area contributed by atoms with Gasteiger partial charge in [-0.1, -0.05) is 25.2 Å². The first kappa shape index (κ1) is 29.0. The maximum Gasteiger partial charge on any atom is 0.355 e. The lowest BCUT2D eigenvalue weighted by molar-refractivity contribution is -0.172. The van der Waals surface area contributed by atoms with E-state index >= 15 is 0 Å². The van der Waals surface area contributed by atoms with Crippen LogP contribution < -0.4 is 0 Å². The molecule has 2 aliphatic heterocycles. The Hall–Kier alpha value is -2.54. The molecule has 1 saturated heterocycles. The molecule has 2 fully saturated rings. The van der Waals surface area contributed by atoms with E-state index in [9.17, 15) is 24.9 Å². The van der Waals surface area contributed by atoms with E-state index in [-0.39, 0.29) is 31.2 Å². The van der Waals surface area contributed by atoms with Gasteiger partial charge < -0.3 is 44.0 Å². The minimum atomic E-state index is -1.49. The zero-order chi connectivity index (χ0) is 28.8. The third kappa shape index (κ3) is 4.72. The first-order chi connectivity index (χ1) is 19.1. The van der Waals surface area contributed by atoms with Crippen molar-refractivity contribution in [1.82, 2.24) is 4.98 Å². The van der Waals surface area contributed by atoms with Gasteiger partial charge in [0, 0.05) is 50.0 Å². The molecule has 40 heavy (non-hydrogen) atoms. The molecule has 1 saturated carbocycles. The second-order valence-corrected chi connectivity index (χ2v) is 11.4. The van der Waals surface area contributed by atoms with Crippen molar-refractivity contribution < 1.29 is 48.6 Å². The molecule has 11 heteroatoms.